The first-order valence-corrected chi connectivity index (χ1v) is 7.37. The molecule has 0 aromatic heterocycles. The molecule has 0 radical (unpaired) electrons. The largest absolute Gasteiger partial charge is 0.311 e. The summed E-state index contributed by atoms with van der Waals surface area (Å²) in [6.07, 6.45) is 2.31. The zero-order valence-electron chi connectivity index (χ0n) is 13.0. The first-order valence-electron chi connectivity index (χ1n) is 7.37. The van der Waals surface area contributed by atoms with Gasteiger partial charge in [-0.15, -0.1) is 0 Å². The van der Waals surface area contributed by atoms with Gasteiger partial charge < -0.3 is 5.32 Å². The van der Waals surface area contributed by atoms with Crippen molar-refractivity contribution in [1.82, 2.24) is 5.32 Å². The molecule has 1 aromatic carbocycles. The first kappa shape index (κ1) is 16.2. The van der Waals surface area contributed by atoms with Gasteiger partial charge in [0.2, 0.25) is 0 Å². The van der Waals surface area contributed by atoms with E-state index in [9.17, 15) is 4.39 Å². The van der Waals surface area contributed by atoms with Crippen molar-refractivity contribution < 1.29 is 4.39 Å². The maximum Gasteiger partial charge on any atom is 0.123 e. The van der Waals surface area contributed by atoms with Gasteiger partial charge in [-0.25, -0.2) is 4.39 Å². The van der Waals surface area contributed by atoms with E-state index in [1.165, 1.54) is 5.56 Å². The Balaban J connectivity index is 2.88. The molecule has 1 atom stereocenters. The second-order valence-corrected chi connectivity index (χ2v) is 6.37. The van der Waals surface area contributed by atoms with E-state index in [0.717, 1.165) is 19.4 Å². The van der Waals surface area contributed by atoms with Crippen LogP contribution >= 0.6 is 0 Å². The van der Waals surface area contributed by atoms with Crippen molar-refractivity contribution in [2.24, 2.45) is 5.92 Å². The molecule has 1 rings (SSSR count). The van der Waals surface area contributed by atoms with Crippen LogP contribution in [-0.4, -0.2) is 12.1 Å². The third kappa shape index (κ3) is 5.32. The van der Waals surface area contributed by atoms with Gasteiger partial charge in [0.25, 0.3) is 0 Å². The number of rotatable bonds is 6. The van der Waals surface area contributed by atoms with Crippen LogP contribution in [0.15, 0.2) is 24.3 Å². The Morgan fingerprint density at radius 1 is 1.05 bits per heavy atom. The van der Waals surface area contributed by atoms with Crippen LogP contribution in [0.5, 0.6) is 0 Å². The molecule has 0 aliphatic rings. The van der Waals surface area contributed by atoms with Gasteiger partial charge in [-0.3, -0.25) is 0 Å². The molecule has 0 bridgehead atoms. The number of nitrogens with one attached hydrogen (secondary N) is 1. The summed E-state index contributed by atoms with van der Waals surface area (Å²) in [7, 11) is 0. The van der Waals surface area contributed by atoms with Gasteiger partial charge >= 0.3 is 0 Å². The summed E-state index contributed by atoms with van der Waals surface area (Å²) in [4.78, 5) is 0. The smallest absolute Gasteiger partial charge is 0.123 e. The molecule has 2 heteroatoms. The Morgan fingerprint density at radius 3 is 2.00 bits per heavy atom. The van der Waals surface area contributed by atoms with Gasteiger partial charge in [0.15, 0.2) is 0 Å². The monoisotopic (exact) mass is 265 g/mol. The van der Waals surface area contributed by atoms with E-state index in [2.05, 4.69) is 39.9 Å². The van der Waals surface area contributed by atoms with E-state index in [0.29, 0.717) is 11.8 Å². The van der Waals surface area contributed by atoms with E-state index < -0.39 is 0 Å². The molecule has 1 aromatic rings. The molecule has 0 aliphatic carbocycles. The van der Waals surface area contributed by atoms with Gasteiger partial charge in [-0.2, -0.15) is 0 Å². The fourth-order valence-electron chi connectivity index (χ4n) is 2.54. The van der Waals surface area contributed by atoms with E-state index in [1.807, 2.05) is 12.1 Å². The van der Waals surface area contributed by atoms with Crippen LogP contribution in [0.2, 0.25) is 0 Å². The summed E-state index contributed by atoms with van der Waals surface area (Å²) >= 11 is 0. The third-order valence-corrected chi connectivity index (χ3v) is 3.77. The second-order valence-electron chi connectivity index (χ2n) is 6.37. The fraction of sp³-hybridized carbons (Fsp3) is 0.647. The quantitative estimate of drug-likeness (QED) is 0.784. The second kappa shape index (κ2) is 7.04. The predicted molar refractivity (Wildman–Crippen MR) is 81.0 cm³/mol. The summed E-state index contributed by atoms with van der Waals surface area (Å²) in [6, 6.07) is 7.01. The van der Waals surface area contributed by atoms with Crippen molar-refractivity contribution in [3.63, 3.8) is 0 Å². The Labute approximate surface area is 117 Å². The van der Waals surface area contributed by atoms with Crippen LogP contribution in [0.25, 0.3) is 0 Å². The molecule has 0 spiro atoms. The van der Waals surface area contributed by atoms with Crippen LogP contribution < -0.4 is 5.32 Å². The summed E-state index contributed by atoms with van der Waals surface area (Å²) in [5.74, 6) is 0.936. The van der Waals surface area contributed by atoms with Crippen LogP contribution in [0, 0.1) is 11.7 Å². The Morgan fingerprint density at radius 2 is 1.58 bits per heavy atom. The molecule has 1 N–H and O–H groups in total. The predicted octanol–water partition coefficient (Wildman–Crippen LogP) is 4.73. The van der Waals surface area contributed by atoms with Gasteiger partial charge in [0, 0.05) is 12.1 Å². The van der Waals surface area contributed by atoms with Crippen LogP contribution in [0.4, 0.5) is 4.39 Å². The Kier molecular flexibility index (Phi) is 5.99. The lowest BCUT2D eigenvalue weighted by molar-refractivity contribution is 0.335. The highest BCUT2D eigenvalue weighted by atomic mass is 19.1. The van der Waals surface area contributed by atoms with E-state index in [1.54, 1.807) is 12.1 Å². The minimum absolute atomic E-state index is 0.115. The molecule has 108 valence electrons. The van der Waals surface area contributed by atoms with E-state index >= 15 is 0 Å². The lowest BCUT2D eigenvalue weighted by atomic mass is 9.82. The summed E-state index contributed by atoms with van der Waals surface area (Å²) < 4.78 is 13.1. The zero-order valence-corrected chi connectivity index (χ0v) is 13.0. The number of benzene rings is 1. The minimum Gasteiger partial charge on any atom is -0.311 e. The fourth-order valence-corrected chi connectivity index (χ4v) is 2.54. The highest BCUT2D eigenvalue weighted by Crippen LogP contribution is 2.29. The SMILES string of the molecule is CCC(CC)C(CNC(C)(C)C)c1ccc(F)cc1. The van der Waals surface area contributed by atoms with Crippen molar-refractivity contribution in [3.05, 3.63) is 35.6 Å². The third-order valence-electron chi connectivity index (χ3n) is 3.77. The Hall–Kier alpha value is -0.890. The van der Waals surface area contributed by atoms with Crippen molar-refractivity contribution in [2.75, 3.05) is 6.54 Å². The van der Waals surface area contributed by atoms with Crippen molar-refractivity contribution in [2.45, 2.75) is 58.9 Å². The van der Waals surface area contributed by atoms with E-state index in [-0.39, 0.29) is 11.4 Å². The van der Waals surface area contributed by atoms with Gasteiger partial charge in [0.1, 0.15) is 5.82 Å². The molecule has 0 fully saturated rings. The minimum atomic E-state index is -0.157. The molecule has 0 saturated heterocycles. The molecular weight excluding hydrogens is 237 g/mol. The van der Waals surface area contributed by atoms with Gasteiger partial charge in [-0.05, 0) is 50.3 Å². The maximum atomic E-state index is 13.1. The lowest BCUT2D eigenvalue weighted by Gasteiger charge is -2.30. The maximum absolute atomic E-state index is 13.1. The summed E-state index contributed by atoms with van der Waals surface area (Å²) in [5.41, 5.74) is 1.36. The highest BCUT2D eigenvalue weighted by molar-refractivity contribution is 5.21. The topological polar surface area (TPSA) is 12.0 Å². The van der Waals surface area contributed by atoms with Crippen LogP contribution in [0.1, 0.15) is 58.9 Å². The average Bonchev–Trinajstić information content (AvgIpc) is 2.35. The highest BCUT2D eigenvalue weighted by Gasteiger charge is 2.22. The van der Waals surface area contributed by atoms with E-state index in [4.69, 9.17) is 0 Å². The summed E-state index contributed by atoms with van der Waals surface area (Å²) in [5, 5.41) is 3.59. The molecule has 0 heterocycles. The molecule has 19 heavy (non-hydrogen) atoms. The lowest BCUT2D eigenvalue weighted by Crippen LogP contribution is -2.40. The normalized spacial score (nSPS) is 13.8. The standard InChI is InChI=1S/C17H28FN/c1-6-13(7-2)16(12-19-17(3,4)5)14-8-10-15(18)11-9-14/h8-11,13,16,19H,6-7,12H2,1-5H3. The molecule has 1 unspecified atom stereocenters. The molecule has 0 aliphatic heterocycles. The average molecular weight is 265 g/mol. The van der Waals surface area contributed by atoms with Crippen LogP contribution in [0.3, 0.4) is 0 Å². The first-order chi connectivity index (χ1) is 8.87. The van der Waals surface area contributed by atoms with Crippen LogP contribution in [-0.2, 0) is 0 Å². The molecule has 0 saturated carbocycles. The number of hydrogen-bond acceptors (Lipinski definition) is 1. The molecule has 0 amide bonds. The van der Waals surface area contributed by atoms with Crippen molar-refractivity contribution in [3.8, 4) is 0 Å². The molecule has 1 nitrogen and oxygen atoms in total. The summed E-state index contributed by atoms with van der Waals surface area (Å²) in [6.45, 7) is 12.0. The Bertz CT molecular complexity index is 360. The van der Waals surface area contributed by atoms with Crippen molar-refractivity contribution in [1.29, 1.82) is 0 Å². The number of halogens is 1. The molecular formula is C17H28FN. The van der Waals surface area contributed by atoms with Gasteiger partial charge in [0.05, 0.1) is 0 Å². The zero-order chi connectivity index (χ0) is 14.5. The van der Waals surface area contributed by atoms with Crippen molar-refractivity contribution >= 4 is 0 Å². The number of hydrogen-bond donors (Lipinski definition) is 1. The van der Waals surface area contributed by atoms with Gasteiger partial charge in [-0.1, -0.05) is 38.8 Å².